The van der Waals surface area contributed by atoms with Gasteiger partial charge >= 0.3 is 0 Å². The number of amides is 1. The molecule has 0 aromatic heterocycles. The monoisotopic (exact) mass is 326 g/mol. The van der Waals surface area contributed by atoms with Gasteiger partial charge in [-0.25, -0.2) is 0 Å². The Morgan fingerprint density at radius 2 is 1.96 bits per heavy atom. The summed E-state index contributed by atoms with van der Waals surface area (Å²) in [6, 6.07) is 17.0. The van der Waals surface area contributed by atoms with Crippen molar-refractivity contribution < 1.29 is 9.63 Å². The van der Waals surface area contributed by atoms with Crippen molar-refractivity contribution in [2.75, 3.05) is 13.1 Å². The summed E-state index contributed by atoms with van der Waals surface area (Å²) in [5.41, 5.74) is 2.59. The molecule has 23 heavy (non-hydrogen) atoms. The van der Waals surface area contributed by atoms with Crippen LogP contribution < -0.4 is 0 Å². The molecule has 116 valence electrons. The molecule has 1 saturated heterocycles. The van der Waals surface area contributed by atoms with E-state index in [2.05, 4.69) is 5.16 Å². The molecule has 2 unspecified atom stereocenters. The highest BCUT2D eigenvalue weighted by molar-refractivity contribution is 6.31. The minimum Gasteiger partial charge on any atom is -0.390 e. The second kappa shape index (κ2) is 5.70. The average molecular weight is 327 g/mol. The molecule has 4 nitrogen and oxygen atoms in total. The van der Waals surface area contributed by atoms with Crippen molar-refractivity contribution in [2.45, 2.75) is 6.10 Å². The van der Waals surface area contributed by atoms with Gasteiger partial charge in [-0.3, -0.25) is 4.79 Å². The van der Waals surface area contributed by atoms with Gasteiger partial charge in [0, 0.05) is 17.1 Å². The maximum absolute atomic E-state index is 12.6. The predicted molar refractivity (Wildman–Crippen MR) is 88.7 cm³/mol. The van der Waals surface area contributed by atoms with Gasteiger partial charge in [-0.1, -0.05) is 53.2 Å². The number of rotatable bonds is 2. The van der Waals surface area contributed by atoms with Crippen LogP contribution in [0.2, 0.25) is 5.02 Å². The molecule has 0 spiro atoms. The molecular formula is C18H15ClN2O2. The summed E-state index contributed by atoms with van der Waals surface area (Å²) in [6.45, 7) is 1.17. The number of nitrogens with zero attached hydrogens (tertiary/aromatic N) is 2. The first-order valence-electron chi connectivity index (χ1n) is 7.56. The minimum atomic E-state index is -0.0617. The molecule has 0 bridgehead atoms. The van der Waals surface area contributed by atoms with Crippen LogP contribution in [0.5, 0.6) is 0 Å². The zero-order valence-corrected chi connectivity index (χ0v) is 13.1. The van der Waals surface area contributed by atoms with Gasteiger partial charge in [0.1, 0.15) is 0 Å². The quantitative estimate of drug-likeness (QED) is 0.850. The second-order valence-electron chi connectivity index (χ2n) is 5.81. The zero-order valence-electron chi connectivity index (χ0n) is 12.4. The fourth-order valence-corrected chi connectivity index (χ4v) is 3.37. The predicted octanol–water partition coefficient (Wildman–Crippen LogP) is 3.22. The van der Waals surface area contributed by atoms with Crippen LogP contribution in [0.25, 0.3) is 0 Å². The normalized spacial score (nSPS) is 22.5. The summed E-state index contributed by atoms with van der Waals surface area (Å²) in [5.74, 6) is 0.110. The fourth-order valence-electron chi connectivity index (χ4n) is 3.18. The van der Waals surface area contributed by atoms with E-state index >= 15 is 0 Å². The van der Waals surface area contributed by atoms with Gasteiger partial charge in [0.05, 0.1) is 18.2 Å². The average Bonchev–Trinajstić information content (AvgIpc) is 3.15. The van der Waals surface area contributed by atoms with Crippen LogP contribution in [0.15, 0.2) is 59.8 Å². The minimum absolute atomic E-state index is 0.0158. The molecule has 0 N–H and O–H groups in total. The van der Waals surface area contributed by atoms with Crippen LogP contribution in [0.3, 0.4) is 0 Å². The van der Waals surface area contributed by atoms with E-state index in [-0.39, 0.29) is 17.9 Å². The van der Waals surface area contributed by atoms with Gasteiger partial charge < -0.3 is 9.74 Å². The Hall–Kier alpha value is -2.33. The Bertz CT molecular complexity index is 776. The van der Waals surface area contributed by atoms with E-state index in [0.29, 0.717) is 23.7 Å². The fraction of sp³-hybridized carbons (Fsp3) is 0.222. The smallest absolute Gasteiger partial charge is 0.254 e. The molecule has 5 heteroatoms. The zero-order chi connectivity index (χ0) is 15.8. The van der Waals surface area contributed by atoms with Crippen LogP contribution in [0, 0.1) is 5.92 Å². The van der Waals surface area contributed by atoms with Gasteiger partial charge in [0.15, 0.2) is 6.10 Å². The number of benzene rings is 2. The van der Waals surface area contributed by atoms with E-state index < -0.39 is 0 Å². The molecule has 1 fully saturated rings. The van der Waals surface area contributed by atoms with Gasteiger partial charge in [-0.2, -0.15) is 0 Å². The molecule has 2 aromatic carbocycles. The molecule has 0 radical (unpaired) electrons. The number of fused-ring (bicyclic) bond motifs is 1. The third kappa shape index (κ3) is 2.59. The van der Waals surface area contributed by atoms with Crippen molar-refractivity contribution in [3.63, 3.8) is 0 Å². The largest absolute Gasteiger partial charge is 0.390 e. The van der Waals surface area contributed by atoms with Crippen LogP contribution in [-0.2, 0) is 4.84 Å². The Morgan fingerprint density at radius 1 is 1.13 bits per heavy atom. The molecule has 4 rings (SSSR count). The molecule has 2 atom stereocenters. The van der Waals surface area contributed by atoms with Crippen molar-refractivity contribution in [3.8, 4) is 0 Å². The van der Waals surface area contributed by atoms with Crippen molar-refractivity contribution in [3.05, 3.63) is 70.7 Å². The maximum Gasteiger partial charge on any atom is 0.254 e. The Kier molecular flexibility index (Phi) is 3.54. The standard InChI is InChI=1S/C18H15ClN2O2/c19-14-8-4-7-13(9-14)18(22)21-10-15-16(11-21)23-20-17(15)12-5-2-1-3-6-12/h1-9,15-16H,10-11H2. The van der Waals surface area contributed by atoms with E-state index in [1.165, 1.54) is 0 Å². The van der Waals surface area contributed by atoms with Crippen molar-refractivity contribution in [2.24, 2.45) is 11.1 Å². The Balaban J connectivity index is 1.54. The van der Waals surface area contributed by atoms with Crippen molar-refractivity contribution >= 4 is 23.2 Å². The van der Waals surface area contributed by atoms with Crippen molar-refractivity contribution in [1.29, 1.82) is 0 Å². The first-order valence-corrected chi connectivity index (χ1v) is 7.94. The highest BCUT2D eigenvalue weighted by Crippen LogP contribution is 2.31. The summed E-state index contributed by atoms with van der Waals surface area (Å²) < 4.78 is 0. The molecule has 2 aromatic rings. The summed E-state index contributed by atoms with van der Waals surface area (Å²) in [7, 11) is 0. The molecule has 1 amide bonds. The van der Waals surface area contributed by atoms with Crippen LogP contribution in [0.1, 0.15) is 15.9 Å². The maximum atomic E-state index is 12.6. The highest BCUT2D eigenvalue weighted by Gasteiger charge is 2.44. The number of hydrogen-bond acceptors (Lipinski definition) is 3. The summed E-state index contributed by atoms with van der Waals surface area (Å²) in [6.07, 6.45) is -0.0617. The number of carbonyl (C=O) groups is 1. The number of hydrogen-bond donors (Lipinski definition) is 0. The highest BCUT2D eigenvalue weighted by atomic mass is 35.5. The molecular weight excluding hydrogens is 312 g/mol. The molecule has 2 aliphatic rings. The van der Waals surface area contributed by atoms with Crippen LogP contribution in [0.4, 0.5) is 0 Å². The van der Waals surface area contributed by atoms with Gasteiger partial charge in [-0.15, -0.1) is 0 Å². The first-order chi connectivity index (χ1) is 11.2. The number of halogens is 1. The number of carbonyl (C=O) groups excluding carboxylic acids is 1. The lowest BCUT2D eigenvalue weighted by Gasteiger charge is -2.17. The van der Waals surface area contributed by atoms with Gasteiger partial charge in [0.25, 0.3) is 5.91 Å². The third-order valence-corrected chi connectivity index (χ3v) is 4.57. The van der Waals surface area contributed by atoms with Crippen molar-refractivity contribution in [1.82, 2.24) is 4.90 Å². The van der Waals surface area contributed by atoms with Gasteiger partial charge in [-0.05, 0) is 23.8 Å². The van der Waals surface area contributed by atoms with Crippen LogP contribution in [-0.4, -0.2) is 35.7 Å². The van der Waals surface area contributed by atoms with E-state index in [1.54, 1.807) is 24.3 Å². The molecule has 0 saturated carbocycles. The SMILES string of the molecule is O=C(c1cccc(Cl)c1)N1CC2ON=C(c3ccccc3)C2C1. The Labute approximate surface area is 139 Å². The number of likely N-dealkylation sites (tertiary alicyclic amines) is 1. The first kappa shape index (κ1) is 14.3. The topological polar surface area (TPSA) is 41.9 Å². The Morgan fingerprint density at radius 3 is 2.74 bits per heavy atom. The molecule has 2 aliphatic heterocycles. The number of oxime groups is 1. The van der Waals surface area contributed by atoms with E-state index in [1.807, 2.05) is 35.2 Å². The van der Waals surface area contributed by atoms with E-state index in [9.17, 15) is 4.79 Å². The second-order valence-corrected chi connectivity index (χ2v) is 6.25. The summed E-state index contributed by atoms with van der Waals surface area (Å²) in [4.78, 5) is 20.0. The lowest BCUT2D eigenvalue weighted by atomic mass is 9.95. The summed E-state index contributed by atoms with van der Waals surface area (Å²) in [5, 5.41) is 4.80. The van der Waals surface area contributed by atoms with E-state index in [4.69, 9.17) is 16.4 Å². The lowest BCUT2D eigenvalue weighted by molar-refractivity contribution is 0.0631. The third-order valence-electron chi connectivity index (χ3n) is 4.33. The lowest BCUT2D eigenvalue weighted by Crippen LogP contribution is -2.30. The van der Waals surface area contributed by atoms with E-state index in [0.717, 1.165) is 11.3 Å². The molecule has 2 heterocycles. The summed E-state index contributed by atoms with van der Waals surface area (Å²) >= 11 is 5.98. The van der Waals surface area contributed by atoms with Crippen LogP contribution >= 0.6 is 11.6 Å². The molecule has 0 aliphatic carbocycles. The van der Waals surface area contributed by atoms with Gasteiger partial charge in [0.2, 0.25) is 0 Å².